The summed E-state index contributed by atoms with van der Waals surface area (Å²) >= 11 is 0. The number of methoxy groups -OCH3 is 1. The molecular weight excluding hydrogens is 288 g/mol. The first-order valence-electron chi connectivity index (χ1n) is 6.43. The molecule has 0 aliphatic rings. The van der Waals surface area contributed by atoms with Gasteiger partial charge in [-0.15, -0.1) is 0 Å². The van der Waals surface area contributed by atoms with E-state index in [4.69, 9.17) is 10.5 Å². The van der Waals surface area contributed by atoms with Crippen LogP contribution in [0, 0.1) is 6.92 Å². The third-order valence-electron chi connectivity index (χ3n) is 3.12. The second-order valence-electron chi connectivity index (χ2n) is 4.64. The molecule has 2 aromatic rings. The van der Waals surface area contributed by atoms with Gasteiger partial charge < -0.3 is 10.5 Å². The van der Waals surface area contributed by atoms with Crippen molar-refractivity contribution in [2.24, 2.45) is 5.73 Å². The topological polar surface area (TPSA) is 81.4 Å². The maximum absolute atomic E-state index is 12.5. The van der Waals surface area contributed by atoms with E-state index < -0.39 is 10.0 Å². The molecule has 0 aromatic heterocycles. The highest BCUT2D eigenvalue weighted by Gasteiger charge is 2.17. The molecule has 0 spiro atoms. The van der Waals surface area contributed by atoms with E-state index >= 15 is 0 Å². The van der Waals surface area contributed by atoms with Gasteiger partial charge in [0.05, 0.1) is 12.0 Å². The Hall–Kier alpha value is -2.05. The molecule has 0 unspecified atom stereocenters. The predicted octanol–water partition coefficient (Wildman–Crippen LogP) is 2.26. The van der Waals surface area contributed by atoms with Crippen molar-refractivity contribution in [3.8, 4) is 5.75 Å². The van der Waals surface area contributed by atoms with Gasteiger partial charge in [0.25, 0.3) is 10.0 Å². The van der Waals surface area contributed by atoms with Crippen molar-refractivity contribution in [1.29, 1.82) is 0 Å². The Balaban J connectivity index is 2.33. The van der Waals surface area contributed by atoms with E-state index in [1.807, 2.05) is 6.07 Å². The van der Waals surface area contributed by atoms with Gasteiger partial charge in [0, 0.05) is 12.2 Å². The predicted molar refractivity (Wildman–Crippen MR) is 82.9 cm³/mol. The highest BCUT2D eigenvalue weighted by molar-refractivity contribution is 7.92. The fraction of sp³-hybridized carbons (Fsp3) is 0.200. The molecule has 2 aromatic carbocycles. The molecule has 0 aliphatic carbocycles. The summed E-state index contributed by atoms with van der Waals surface area (Å²) in [5.74, 6) is 0.666. The van der Waals surface area contributed by atoms with Crippen molar-refractivity contribution in [2.45, 2.75) is 18.4 Å². The number of nitrogens with two attached hydrogens (primary N) is 1. The molecular formula is C15H18N2O3S. The lowest BCUT2D eigenvalue weighted by Gasteiger charge is -2.12. The van der Waals surface area contributed by atoms with Gasteiger partial charge in [-0.1, -0.05) is 12.1 Å². The lowest BCUT2D eigenvalue weighted by atomic mass is 10.1. The number of benzene rings is 2. The normalized spacial score (nSPS) is 11.2. The van der Waals surface area contributed by atoms with Crippen LogP contribution in [-0.2, 0) is 16.6 Å². The number of sulfonamides is 1. The van der Waals surface area contributed by atoms with Crippen molar-refractivity contribution in [2.75, 3.05) is 11.8 Å². The van der Waals surface area contributed by atoms with Gasteiger partial charge in [-0.25, -0.2) is 8.42 Å². The Morgan fingerprint density at radius 2 is 1.81 bits per heavy atom. The van der Waals surface area contributed by atoms with Crippen LogP contribution in [0.2, 0.25) is 0 Å². The Kier molecular flexibility index (Phi) is 4.50. The van der Waals surface area contributed by atoms with Crippen LogP contribution in [0.3, 0.4) is 0 Å². The minimum atomic E-state index is -3.64. The van der Waals surface area contributed by atoms with Gasteiger partial charge in [0.15, 0.2) is 0 Å². The van der Waals surface area contributed by atoms with E-state index in [9.17, 15) is 8.42 Å². The fourth-order valence-corrected chi connectivity index (χ4v) is 3.28. The van der Waals surface area contributed by atoms with Crippen LogP contribution >= 0.6 is 0 Å². The van der Waals surface area contributed by atoms with Crippen LogP contribution in [0.4, 0.5) is 5.69 Å². The standard InChI is InChI=1S/C15H18N2O3S/c1-11-3-4-12(10-16)9-15(11)21(18,19)17-13-5-7-14(20-2)8-6-13/h3-9,17H,10,16H2,1-2H3. The molecule has 0 fully saturated rings. The van der Waals surface area contributed by atoms with Crippen molar-refractivity contribution < 1.29 is 13.2 Å². The summed E-state index contributed by atoms with van der Waals surface area (Å²) in [6, 6.07) is 11.9. The Morgan fingerprint density at radius 3 is 2.38 bits per heavy atom. The van der Waals surface area contributed by atoms with Crippen molar-refractivity contribution in [3.63, 3.8) is 0 Å². The maximum atomic E-state index is 12.5. The first-order valence-corrected chi connectivity index (χ1v) is 7.91. The SMILES string of the molecule is COc1ccc(NS(=O)(=O)c2cc(CN)ccc2C)cc1. The summed E-state index contributed by atoms with van der Waals surface area (Å²) in [5, 5.41) is 0. The van der Waals surface area contributed by atoms with Crippen LogP contribution in [0.1, 0.15) is 11.1 Å². The third kappa shape index (κ3) is 3.53. The highest BCUT2D eigenvalue weighted by Crippen LogP contribution is 2.22. The van der Waals surface area contributed by atoms with Crippen LogP contribution in [0.15, 0.2) is 47.4 Å². The second kappa shape index (κ2) is 6.15. The fourth-order valence-electron chi connectivity index (χ4n) is 1.93. The molecule has 5 nitrogen and oxygen atoms in total. The number of ether oxygens (including phenoxy) is 1. The smallest absolute Gasteiger partial charge is 0.262 e. The Morgan fingerprint density at radius 1 is 1.14 bits per heavy atom. The maximum Gasteiger partial charge on any atom is 0.262 e. The molecule has 6 heteroatoms. The zero-order chi connectivity index (χ0) is 15.5. The molecule has 0 atom stereocenters. The van der Waals surface area contributed by atoms with E-state index in [1.165, 1.54) is 0 Å². The summed E-state index contributed by atoms with van der Waals surface area (Å²) in [6.07, 6.45) is 0. The number of hydrogen-bond donors (Lipinski definition) is 2. The largest absolute Gasteiger partial charge is 0.497 e. The van der Waals surface area contributed by atoms with Crippen molar-refractivity contribution in [1.82, 2.24) is 0 Å². The van der Waals surface area contributed by atoms with Gasteiger partial charge in [0.2, 0.25) is 0 Å². The summed E-state index contributed by atoms with van der Waals surface area (Å²) in [5.41, 5.74) is 7.50. The van der Waals surface area contributed by atoms with Crippen LogP contribution < -0.4 is 15.2 Å². The molecule has 0 bridgehead atoms. The zero-order valence-electron chi connectivity index (χ0n) is 12.0. The van der Waals surface area contributed by atoms with E-state index in [0.717, 1.165) is 5.56 Å². The van der Waals surface area contributed by atoms with E-state index in [0.29, 0.717) is 23.5 Å². The summed E-state index contributed by atoms with van der Waals surface area (Å²) in [4.78, 5) is 0.237. The molecule has 0 radical (unpaired) electrons. The average Bonchev–Trinajstić information content (AvgIpc) is 2.48. The van der Waals surface area contributed by atoms with Crippen molar-refractivity contribution in [3.05, 3.63) is 53.6 Å². The lowest BCUT2D eigenvalue weighted by molar-refractivity contribution is 0.415. The molecule has 112 valence electrons. The first-order chi connectivity index (χ1) is 9.96. The van der Waals surface area contributed by atoms with Crippen LogP contribution in [0.5, 0.6) is 5.75 Å². The molecule has 0 aliphatic heterocycles. The quantitative estimate of drug-likeness (QED) is 0.888. The van der Waals surface area contributed by atoms with Gasteiger partial charge in [-0.05, 0) is 48.4 Å². The zero-order valence-corrected chi connectivity index (χ0v) is 12.8. The monoisotopic (exact) mass is 306 g/mol. The Labute approximate surface area is 124 Å². The van der Waals surface area contributed by atoms with Crippen LogP contribution in [-0.4, -0.2) is 15.5 Å². The third-order valence-corrected chi connectivity index (χ3v) is 4.64. The number of nitrogens with one attached hydrogen (secondary N) is 1. The van der Waals surface area contributed by atoms with Gasteiger partial charge in [0.1, 0.15) is 5.75 Å². The van der Waals surface area contributed by atoms with Gasteiger partial charge >= 0.3 is 0 Å². The molecule has 0 saturated heterocycles. The Bertz CT molecular complexity index is 725. The van der Waals surface area contributed by atoms with Gasteiger partial charge in [-0.3, -0.25) is 4.72 Å². The summed E-state index contributed by atoms with van der Waals surface area (Å²) in [6.45, 7) is 2.05. The minimum absolute atomic E-state index is 0.237. The minimum Gasteiger partial charge on any atom is -0.497 e. The average molecular weight is 306 g/mol. The molecule has 21 heavy (non-hydrogen) atoms. The summed E-state index contributed by atoms with van der Waals surface area (Å²) in [7, 11) is -2.09. The molecule has 0 saturated carbocycles. The number of hydrogen-bond acceptors (Lipinski definition) is 4. The first kappa shape index (κ1) is 15.3. The van der Waals surface area contributed by atoms with Gasteiger partial charge in [-0.2, -0.15) is 0 Å². The second-order valence-corrected chi connectivity index (χ2v) is 6.29. The molecule has 0 amide bonds. The number of aryl methyl sites for hydroxylation is 1. The molecule has 2 rings (SSSR count). The summed E-state index contributed by atoms with van der Waals surface area (Å²) < 4.78 is 32.5. The number of rotatable bonds is 5. The number of anilines is 1. The van der Waals surface area contributed by atoms with Crippen LogP contribution in [0.25, 0.3) is 0 Å². The van der Waals surface area contributed by atoms with Crippen molar-refractivity contribution >= 4 is 15.7 Å². The van der Waals surface area contributed by atoms with E-state index in [-0.39, 0.29) is 4.90 Å². The molecule has 3 N–H and O–H groups in total. The molecule has 0 heterocycles. The lowest BCUT2D eigenvalue weighted by Crippen LogP contribution is -2.15. The van der Waals surface area contributed by atoms with E-state index in [1.54, 1.807) is 50.4 Å². The highest BCUT2D eigenvalue weighted by atomic mass is 32.2. The van der Waals surface area contributed by atoms with E-state index in [2.05, 4.69) is 4.72 Å².